The average molecular weight is 357 g/mol. The Morgan fingerprint density at radius 3 is 2.67 bits per heavy atom. The molecule has 0 aliphatic rings. The number of para-hydroxylation sites is 1. The standard InChI is InChI=1S/C19H17ClN2OS/c1-13(14-7-3-4-8-15(14)20)22(2)19(23)12-11-18-21-16-9-5-6-10-17(16)24-18/h3-13H,1-2H3/b12-11+. The van der Waals surface area contributed by atoms with Gasteiger partial charge in [0.25, 0.3) is 0 Å². The molecule has 3 rings (SSSR count). The molecule has 0 aliphatic carbocycles. The number of hydrogen-bond acceptors (Lipinski definition) is 3. The van der Waals surface area contributed by atoms with Crippen LogP contribution in [0.25, 0.3) is 16.3 Å². The molecule has 2 aromatic carbocycles. The van der Waals surface area contributed by atoms with Crippen molar-refractivity contribution >= 4 is 45.1 Å². The third-order valence-corrected chi connectivity index (χ3v) is 5.31. The molecule has 1 unspecified atom stereocenters. The fourth-order valence-electron chi connectivity index (χ4n) is 2.43. The Balaban J connectivity index is 1.75. The molecule has 1 atom stereocenters. The Bertz CT molecular complexity index is 870. The van der Waals surface area contributed by atoms with Crippen LogP contribution in [0.4, 0.5) is 0 Å². The van der Waals surface area contributed by atoms with Crippen LogP contribution in [0.3, 0.4) is 0 Å². The van der Waals surface area contributed by atoms with Gasteiger partial charge in [0.2, 0.25) is 5.91 Å². The summed E-state index contributed by atoms with van der Waals surface area (Å²) in [6.07, 6.45) is 3.33. The Kier molecular flexibility index (Phi) is 4.97. The number of likely N-dealkylation sites (N-methyl/N-ethyl adjacent to an activating group) is 1. The monoisotopic (exact) mass is 356 g/mol. The molecule has 0 saturated heterocycles. The van der Waals surface area contributed by atoms with Crippen LogP contribution in [-0.4, -0.2) is 22.8 Å². The van der Waals surface area contributed by atoms with Crippen LogP contribution in [0.5, 0.6) is 0 Å². The molecular weight excluding hydrogens is 340 g/mol. The molecule has 0 saturated carbocycles. The first-order valence-electron chi connectivity index (χ1n) is 7.61. The zero-order valence-electron chi connectivity index (χ0n) is 13.4. The van der Waals surface area contributed by atoms with E-state index in [1.807, 2.05) is 55.5 Å². The zero-order valence-corrected chi connectivity index (χ0v) is 15.0. The molecule has 1 heterocycles. The molecule has 24 heavy (non-hydrogen) atoms. The van der Waals surface area contributed by atoms with Gasteiger partial charge in [-0.25, -0.2) is 4.98 Å². The van der Waals surface area contributed by atoms with Gasteiger partial charge in [-0.2, -0.15) is 0 Å². The minimum absolute atomic E-state index is 0.0818. The van der Waals surface area contributed by atoms with Gasteiger partial charge in [0.15, 0.2) is 0 Å². The summed E-state index contributed by atoms with van der Waals surface area (Å²) in [6, 6.07) is 15.4. The topological polar surface area (TPSA) is 33.2 Å². The van der Waals surface area contributed by atoms with E-state index in [0.717, 1.165) is 20.8 Å². The lowest BCUT2D eigenvalue weighted by Crippen LogP contribution is -2.28. The van der Waals surface area contributed by atoms with Crippen molar-refractivity contribution in [2.24, 2.45) is 0 Å². The second-order valence-electron chi connectivity index (χ2n) is 5.50. The number of benzene rings is 2. The van der Waals surface area contributed by atoms with Crippen molar-refractivity contribution in [2.45, 2.75) is 13.0 Å². The van der Waals surface area contributed by atoms with Crippen LogP contribution in [0.1, 0.15) is 23.5 Å². The molecule has 5 heteroatoms. The van der Waals surface area contributed by atoms with Crippen molar-refractivity contribution in [3.63, 3.8) is 0 Å². The number of carbonyl (C=O) groups excluding carboxylic acids is 1. The first-order valence-corrected chi connectivity index (χ1v) is 8.80. The normalized spacial score (nSPS) is 12.6. The Morgan fingerprint density at radius 2 is 1.92 bits per heavy atom. The van der Waals surface area contributed by atoms with E-state index in [2.05, 4.69) is 4.98 Å². The number of rotatable bonds is 4. The number of fused-ring (bicyclic) bond motifs is 1. The van der Waals surface area contributed by atoms with E-state index in [1.54, 1.807) is 35.4 Å². The molecule has 1 aromatic heterocycles. The second-order valence-corrected chi connectivity index (χ2v) is 6.97. The maximum absolute atomic E-state index is 12.4. The van der Waals surface area contributed by atoms with Crippen molar-refractivity contribution in [1.29, 1.82) is 0 Å². The molecule has 0 bridgehead atoms. The summed E-state index contributed by atoms with van der Waals surface area (Å²) >= 11 is 7.79. The number of amides is 1. The van der Waals surface area contributed by atoms with Crippen molar-refractivity contribution in [3.05, 3.63) is 70.2 Å². The van der Waals surface area contributed by atoms with Crippen molar-refractivity contribution in [1.82, 2.24) is 9.88 Å². The number of aromatic nitrogens is 1. The summed E-state index contributed by atoms with van der Waals surface area (Å²) in [7, 11) is 1.78. The van der Waals surface area contributed by atoms with Gasteiger partial charge in [0.1, 0.15) is 5.01 Å². The predicted octanol–water partition coefficient (Wildman–Crippen LogP) is 5.18. The van der Waals surface area contributed by atoms with Crippen LogP contribution >= 0.6 is 22.9 Å². The summed E-state index contributed by atoms with van der Waals surface area (Å²) in [6.45, 7) is 1.96. The maximum atomic E-state index is 12.4. The minimum atomic E-state index is -0.105. The fourth-order valence-corrected chi connectivity index (χ4v) is 3.60. The van der Waals surface area contributed by atoms with Gasteiger partial charge >= 0.3 is 0 Å². The van der Waals surface area contributed by atoms with E-state index < -0.39 is 0 Å². The molecule has 0 aliphatic heterocycles. The van der Waals surface area contributed by atoms with Crippen LogP contribution in [-0.2, 0) is 4.79 Å². The summed E-state index contributed by atoms with van der Waals surface area (Å²) in [5.74, 6) is -0.0818. The largest absolute Gasteiger partial charge is 0.335 e. The summed E-state index contributed by atoms with van der Waals surface area (Å²) in [5.41, 5.74) is 1.88. The Hall–Kier alpha value is -2.17. The van der Waals surface area contributed by atoms with Gasteiger partial charge in [-0.3, -0.25) is 4.79 Å². The average Bonchev–Trinajstić information content (AvgIpc) is 3.01. The van der Waals surface area contributed by atoms with E-state index in [-0.39, 0.29) is 11.9 Å². The molecule has 3 nitrogen and oxygen atoms in total. The first kappa shape index (κ1) is 16.7. The van der Waals surface area contributed by atoms with Gasteiger partial charge in [0, 0.05) is 18.1 Å². The van der Waals surface area contributed by atoms with Crippen molar-refractivity contribution < 1.29 is 4.79 Å². The summed E-state index contributed by atoms with van der Waals surface area (Å²) < 4.78 is 1.11. The van der Waals surface area contributed by atoms with E-state index in [4.69, 9.17) is 11.6 Å². The summed E-state index contributed by atoms with van der Waals surface area (Å²) in [5, 5.41) is 1.49. The number of carbonyl (C=O) groups is 1. The molecule has 0 N–H and O–H groups in total. The highest BCUT2D eigenvalue weighted by molar-refractivity contribution is 7.19. The van der Waals surface area contributed by atoms with E-state index in [0.29, 0.717) is 5.02 Å². The third kappa shape index (κ3) is 3.50. The van der Waals surface area contributed by atoms with Crippen molar-refractivity contribution in [2.75, 3.05) is 7.05 Å². The number of halogens is 1. The van der Waals surface area contributed by atoms with Crippen LogP contribution in [0, 0.1) is 0 Å². The predicted molar refractivity (Wildman–Crippen MR) is 101 cm³/mol. The smallest absolute Gasteiger partial charge is 0.246 e. The molecule has 122 valence electrons. The van der Waals surface area contributed by atoms with E-state index in [1.165, 1.54) is 0 Å². The second kappa shape index (κ2) is 7.16. The van der Waals surface area contributed by atoms with E-state index in [9.17, 15) is 4.79 Å². The SMILES string of the molecule is CC(c1ccccc1Cl)N(C)C(=O)/C=C/c1nc2ccccc2s1. The van der Waals surface area contributed by atoms with Gasteiger partial charge in [0.05, 0.1) is 16.3 Å². The molecule has 0 spiro atoms. The van der Waals surface area contributed by atoms with Crippen LogP contribution in [0.15, 0.2) is 54.6 Å². The maximum Gasteiger partial charge on any atom is 0.246 e. The highest BCUT2D eigenvalue weighted by Gasteiger charge is 2.17. The number of thiazole rings is 1. The highest BCUT2D eigenvalue weighted by atomic mass is 35.5. The Morgan fingerprint density at radius 1 is 1.21 bits per heavy atom. The molecule has 0 radical (unpaired) electrons. The lowest BCUT2D eigenvalue weighted by atomic mass is 10.1. The summed E-state index contributed by atoms with van der Waals surface area (Å²) in [4.78, 5) is 18.6. The van der Waals surface area contributed by atoms with Crippen LogP contribution < -0.4 is 0 Å². The quantitative estimate of drug-likeness (QED) is 0.603. The van der Waals surface area contributed by atoms with Gasteiger partial charge in [-0.15, -0.1) is 11.3 Å². The van der Waals surface area contributed by atoms with Crippen LogP contribution in [0.2, 0.25) is 5.02 Å². The number of hydrogen-bond donors (Lipinski definition) is 0. The molecule has 3 aromatic rings. The van der Waals surface area contributed by atoms with Crippen molar-refractivity contribution in [3.8, 4) is 0 Å². The lowest BCUT2D eigenvalue weighted by molar-refractivity contribution is -0.126. The number of nitrogens with zero attached hydrogens (tertiary/aromatic N) is 2. The lowest BCUT2D eigenvalue weighted by Gasteiger charge is -2.24. The van der Waals surface area contributed by atoms with Gasteiger partial charge < -0.3 is 4.90 Å². The molecular formula is C19H17ClN2OS. The van der Waals surface area contributed by atoms with Gasteiger partial charge in [-0.1, -0.05) is 41.9 Å². The minimum Gasteiger partial charge on any atom is -0.335 e. The Labute approximate surface area is 150 Å². The third-order valence-electron chi connectivity index (χ3n) is 3.96. The fraction of sp³-hybridized carbons (Fsp3) is 0.158. The molecule has 0 fully saturated rings. The highest BCUT2D eigenvalue weighted by Crippen LogP contribution is 2.27. The van der Waals surface area contributed by atoms with E-state index >= 15 is 0 Å². The first-order chi connectivity index (χ1) is 11.6. The zero-order chi connectivity index (χ0) is 17.1. The molecule has 1 amide bonds. The van der Waals surface area contributed by atoms with Gasteiger partial charge in [-0.05, 0) is 36.8 Å².